The first-order valence-electron chi connectivity index (χ1n) is 11.0. The van der Waals surface area contributed by atoms with Crippen molar-refractivity contribution < 1.29 is 9.53 Å². The van der Waals surface area contributed by atoms with E-state index in [1.54, 1.807) is 6.20 Å². The minimum atomic E-state index is 0.0986. The van der Waals surface area contributed by atoms with Crippen molar-refractivity contribution in [2.75, 3.05) is 39.1 Å². The van der Waals surface area contributed by atoms with Crippen LogP contribution in [0.4, 0.5) is 0 Å². The first-order chi connectivity index (χ1) is 14.7. The maximum Gasteiger partial charge on any atom is 0.185 e. The van der Waals surface area contributed by atoms with Gasteiger partial charge in [-0.2, -0.15) is 0 Å². The average molecular weight is 426 g/mol. The highest BCUT2D eigenvalue weighted by Gasteiger charge is 2.17. The Morgan fingerprint density at radius 1 is 1.27 bits per heavy atom. The van der Waals surface area contributed by atoms with E-state index in [1.165, 1.54) is 41.3 Å². The molecular formula is C24H31N3O2S. The molecule has 2 aliphatic rings. The molecular weight excluding hydrogens is 394 g/mol. The molecule has 1 aliphatic carbocycles. The van der Waals surface area contributed by atoms with Crippen LogP contribution in [0.3, 0.4) is 0 Å². The molecule has 0 unspecified atom stereocenters. The predicted molar refractivity (Wildman–Crippen MR) is 122 cm³/mol. The van der Waals surface area contributed by atoms with E-state index in [0.717, 1.165) is 62.8 Å². The van der Waals surface area contributed by atoms with Gasteiger partial charge in [-0.05, 0) is 60.6 Å². The lowest BCUT2D eigenvalue weighted by Crippen LogP contribution is -2.37. The van der Waals surface area contributed by atoms with E-state index in [9.17, 15) is 4.79 Å². The molecule has 1 N–H and O–H groups in total. The zero-order chi connectivity index (χ0) is 20.8. The monoisotopic (exact) mass is 425 g/mol. The number of aromatic amines is 1. The van der Waals surface area contributed by atoms with Crippen LogP contribution in [0.5, 0.6) is 0 Å². The number of ketones is 1. The summed E-state index contributed by atoms with van der Waals surface area (Å²) in [4.78, 5) is 22.7. The number of Topliss-reactive ketones (excluding diaryl/α,β-unsaturated/α-hetero) is 1. The molecule has 0 radical (unpaired) electrons. The van der Waals surface area contributed by atoms with Gasteiger partial charge in [0.25, 0.3) is 0 Å². The van der Waals surface area contributed by atoms with Crippen molar-refractivity contribution in [3.05, 3.63) is 52.9 Å². The first-order valence-corrected chi connectivity index (χ1v) is 12.2. The normalized spacial score (nSPS) is 17.7. The Morgan fingerprint density at radius 2 is 2.13 bits per heavy atom. The number of ether oxygens (including phenoxy) is 1. The average Bonchev–Trinajstić information content (AvgIpc) is 3.29. The Bertz CT molecular complexity index is 900. The third kappa shape index (κ3) is 5.42. The maximum atomic E-state index is 12.9. The van der Waals surface area contributed by atoms with Gasteiger partial charge in [-0.3, -0.25) is 9.69 Å². The lowest BCUT2D eigenvalue weighted by atomic mass is 9.87. The van der Waals surface area contributed by atoms with Gasteiger partial charge in [-0.25, -0.2) is 4.98 Å². The van der Waals surface area contributed by atoms with Crippen molar-refractivity contribution in [1.82, 2.24) is 14.9 Å². The van der Waals surface area contributed by atoms with E-state index >= 15 is 0 Å². The van der Waals surface area contributed by atoms with Gasteiger partial charge >= 0.3 is 0 Å². The summed E-state index contributed by atoms with van der Waals surface area (Å²) in [6.07, 6.45) is 12.2. The second kappa shape index (κ2) is 10.4. The molecule has 1 saturated heterocycles. The molecule has 0 bridgehead atoms. The van der Waals surface area contributed by atoms with E-state index in [-0.39, 0.29) is 5.78 Å². The number of hydrogen-bond acceptors (Lipinski definition) is 5. The van der Waals surface area contributed by atoms with Crippen molar-refractivity contribution in [1.29, 1.82) is 0 Å². The molecule has 0 amide bonds. The fourth-order valence-electron chi connectivity index (χ4n) is 4.24. The number of morpholine rings is 1. The SMILES string of the molecule is CSc1ncc(C(=O)Cc2ccc(CCN3CCOCC3)cc2C2=CCCCC2)[nH]1. The predicted octanol–water partition coefficient (Wildman–Crippen LogP) is 4.39. The number of rotatable bonds is 8. The number of aromatic nitrogens is 2. The molecule has 2 heterocycles. The maximum absolute atomic E-state index is 12.9. The number of carbonyl (C=O) groups excluding carboxylic acids is 1. The molecule has 2 aromatic rings. The Hall–Kier alpha value is -1.89. The Morgan fingerprint density at radius 3 is 2.87 bits per heavy atom. The van der Waals surface area contributed by atoms with E-state index in [0.29, 0.717) is 12.1 Å². The molecule has 1 fully saturated rings. The first kappa shape index (κ1) is 21.3. The summed E-state index contributed by atoms with van der Waals surface area (Å²) >= 11 is 1.52. The zero-order valence-electron chi connectivity index (χ0n) is 17.8. The third-order valence-electron chi connectivity index (χ3n) is 6.03. The quantitative estimate of drug-likeness (QED) is 0.502. The van der Waals surface area contributed by atoms with Crippen molar-refractivity contribution in [2.24, 2.45) is 0 Å². The van der Waals surface area contributed by atoms with Crippen molar-refractivity contribution in [3.8, 4) is 0 Å². The molecule has 160 valence electrons. The van der Waals surface area contributed by atoms with Gasteiger partial charge in [-0.1, -0.05) is 36.0 Å². The second-order valence-electron chi connectivity index (χ2n) is 8.08. The summed E-state index contributed by atoms with van der Waals surface area (Å²) in [7, 11) is 0. The van der Waals surface area contributed by atoms with Crippen LogP contribution in [0.25, 0.3) is 5.57 Å². The van der Waals surface area contributed by atoms with Crippen molar-refractivity contribution in [2.45, 2.75) is 43.7 Å². The van der Waals surface area contributed by atoms with Gasteiger partial charge < -0.3 is 9.72 Å². The van der Waals surface area contributed by atoms with E-state index in [2.05, 4.69) is 39.1 Å². The van der Waals surface area contributed by atoms with E-state index in [1.807, 2.05) is 6.26 Å². The largest absolute Gasteiger partial charge is 0.379 e. The van der Waals surface area contributed by atoms with Gasteiger partial charge in [0.1, 0.15) is 5.69 Å². The van der Waals surface area contributed by atoms with Crippen LogP contribution in [-0.4, -0.2) is 59.8 Å². The number of carbonyl (C=O) groups is 1. The van der Waals surface area contributed by atoms with Gasteiger partial charge in [-0.15, -0.1) is 0 Å². The Kier molecular flexibility index (Phi) is 7.42. The summed E-state index contributed by atoms with van der Waals surface area (Å²) in [6.45, 7) is 4.78. The highest BCUT2D eigenvalue weighted by Crippen LogP contribution is 2.31. The van der Waals surface area contributed by atoms with Gasteiger partial charge in [0.15, 0.2) is 10.9 Å². The molecule has 0 atom stereocenters. The van der Waals surface area contributed by atoms with Gasteiger partial charge in [0.2, 0.25) is 0 Å². The second-order valence-corrected chi connectivity index (χ2v) is 8.87. The number of hydrogen-bond donors (Lipinski definition) is 1. The number of thioether (sulfide) groups is 1. The summed E-state index contributed by atoms with van der Waals surface area (Å²) in [5, 5.41) is 0.784. The molecule has 0 spiro atoms. The highest BCUT2D eigenvalue weighted by atomic mass is 32.2. The summed E-state index contributed by atoms with van der Waals surface area (Å²) < 4.78 is 5.46. The van der Waals surface area contributed by atoms with Crippen LogP contribution in [0.1, 0.15) is 52.9 Å². The molecule has 6 heteroatoms. The Balaban J connectivity index is 1.52. The fourth-order valence-corrected chi connectivity index (χ4v) is 4.61. The molecule has 1 aromatic heterocycles. The van der Waals surface area contributed by atoms with Crippen LogP contribution >= 0.6 is 11.8 Å². The minimum Gasteiger partial charge on any atom is -0.379 e. The topological polar surface area (TPSA) is 58.2 Å². The minimum absolute atomic E-state index is 0.0986. The van der Waals surface area contributed by atoms with Crippen molar-refractivity contribution >= 4 is 23.1 Å². The lowest BCUT2D eigenvalue weighted by molar-refractivity contribution is 0.0384. The number of imidazole rings is 1. The zero-order valence-corrected chi connectivity index (χ0v) is 18.6. The molecule has 1 aliphatic heterocycles. The smallest absolute Gasteiger partial charge is 0.185 e. The van der Waals surface area contributed by atoms with Crippen molar-refractivity contribution in [3.63, 3.8) is 0 Å². The standard InChI is InChI=1S/C24H31N3O2S/c1-30-24-25-17-22(26-24)23(28)16-20-8-7-18(9-10-27-11-13-29-14-12-27)15-21(20)19-5-3-2-4-6-19/h5,7-8,15,17H,2-4,6,9-14,16H2,1H3,(H,25,26). The van der Waals surface area contributed by atoms with Crippen LogP contribution in [0, 0.1) is 0 Å². The van der Waals surface area contributed by atoms with Gasteiger partial charge in [0, 0.05) is 26.1 Å². The van der Waals surface area contributed by atoms with Gasteiger partial charge in [0.05, 0.1) is 19.4 Å². The van der Waals surface area contributed by atoms with Crippen LogP contribution in [0.2, 0.25) is 0 Å². The Labute approximate surface area is 183 Å². The number of allylic oxidation sites excluding steroid dienone is 2. The molecule has 1 aromatic carbocycles. The highest BCUT2D eigenvalue weighted by molar-refractivity contribution is 7.98. The molecule has 5 nitrogen and oxygen atoms in total. The van der Waals surface area contributed by atoms with Crippen LogP contribution < -0.4 is 0 Å². The number of H-pyrrole nitrogens is 1. The lowest BCUT2D eigenvalue weighted by Gasteiger charge is -2.26. The number of nitrogens with one attached hydrogen (secondary N) is 1. The molecule has 30 heavy (non-hydrogen) atoms. The molecule has 0 saturated carbocycles. The summed E-state index contributed by atoms with van der Waals surface area (Å²) in [5.74, 6) is 0.0986. The van der Waals surface area contributed by atoms with E-state index in [4.69, 9.17) is 4.74 Å². The van der Waals surface area contributed by atoms with Crippen LogP contribution in [-0.2, 0) is 17.6 Å². The summed E-state index contributed by atoms with van der Waals surface area (Å²) in [5.41, 5.74) is 5.76. The fraction of sp³-hybridized carbons (Fsp3) is 0.500. The van der Waals surface area contributed by atoms with Crippen LogP contribution in [0.15, 0.2) is 35.6 Å². The number of benzene rings is 1. The summed E-state index contributed by atoms with van der Waals surface area (Å²) in [6, 6.07) is 6.71. The third-order valence-corrected chi connectivity index (χ3v) is 6.62. The number of nitrogens with zero attached hydrogens (tertiary/aromatic N) is 2. The van der Waals surface area contributed by atoms with E-state index < -0.39 is 0 Å². The molecule has 4 rings (SSSR count).